The van der Waals surface area contributed by atoms with Crippen molar-refractivity contribution in [2.24, 2.45) is 5.92 Å². The zero-order valence-electron chi connectivity index (χ0n) is 19.4. The van der Waals surface area contributed by atoms with Crippen LogP contribution in [-0.4, -0.2) is 21.5 Å². The van der Waals surface area contributed by atoms with Gasteiger partial charge in [0, 0.05) is 17.3 Å². The maximum atomic E-state index is 13.5. The number of anilines is 1. The van der Waals surface area contributed by atoms with Crippen molar-refractivity contribution in [3.8, 4) is 11.4 Å². The van der Waals surface area contributed by atoms with Crippen molar-refractivity contribution in [1.29, 1.82) is 0 Å². The van der Waals surface area contributed by atoms with Gasteiger partial charge >= 0.3 is 1.43 Å². The van der Waals surface area contributed by atoms with E-state index < -0.39 is 0 Å². The van der Waals surface area contributed by atoms with E-state index >= 15 is 0 Å². The van der Waals surface area contributed by atoms with Gasteiger partial charge in [0.1, 0.15) is 11.9 Å². The molecule has 0 radical (unpaired) electrons. The van der Waals surface area contributed by atoms with Crippen molar-refractivity contribution in [1.82, 2.24) is 14.9 Å². The second kappa shape index (κ2) is 10.2. The van der Waals surface area contributed by atoms with Gasteiger partial charge in [-0.25, -0.2) is 4.98 Å². The number of hydrogen-bond acceptors (Lipinski definition) is 3. The number of fused-ring (bicyclic) bond motifs is 1. The maximum Gasteiger partial charge on any atom is 1.00 e. The Labute approximate surface area is 192 Å². The Morgan fingerprint density at radius 2 is 1.81 bits per heavy atom. The summed E-state index contributed by atoms with van der Waals surface area (Å²) in [6.07, 6.45) is 6.59. The van der Waals surface area contributed by atoms with E-state index in [9.17, 15) is 4.79 Å². The molecular weight excluding hydrogens is 408 g/mol. The molecule has 0 spiro atoms. The molecule has 4 rings (SSSR count). The molecule has 1 atom stereocenters. The Kier molecular flexibility index (Phi) is 7.60. The van der Waals surface area contributed by atoms with E-state index in [0.717, 1.165) is 47.4 Å². The first-order valence-corrected chi connectivity index (χ1v) is 11.2. The van der Waals surface area contributed by atoms with E-state index in [4.69, 9.17) is 10.7 Å². The molecule has 0 saturated heterocycles. The number of para-hydroxylation sites is 2. The van der Waals surface area contributed by atoms with E-state index in [1.54, 1.807) is 0 Å². The van der Waals surface area contributed by atoms with Gasteiger partial charge in [-0.3, -0.25) is 4.79 Å². The van der Waals surface area contributed by atoms with Crippen molar-refractivity contribution in [3.05, 3.63) is 48.5 Å². The fourth-order valence-electron chi connectivity index (χ4n) is 4.52. The van der Waals surface area contributed by atoms with Crippen LogP contribution in [0.2, 0.25) is 0 Å². The normalized spacial score (nSPS) is 15.6. The summed E-state index contributed by atoms with van der Waals surface area (Å²) >= 11 is 0. The summed E-state index contributed by atoms with van der Waals surface area (Å²) in [6, 6.07) is 15.8. The number of halogens is 1. The lowest BCUT2D eigenvalue weighted by atomic mass is 9.94. The molecule has 0 bridgehead atoms. The van der Waals surface area contributed by atoms with Crippen molar-refractivity contribution in [2.45, 2.75) is 64.5 Å². The van der Waals surface area contributed by atoms with E-state index in [0.29, 0.717) is 5.92 Å². The van der Waals surface area contributed by atoms with Gasteiger partial charge < -0.3 is 28.0 Å². The number of nitrogens with one attached hydrogen (secondary N) is 1. The number of amides is 1. The number of carbonyl (C=O) groups excluding carboxylic acids is 1. The molecule has 1 aliphatic carbocycles. The quantitative estimate of drug-likeness (QED) is 0.578. The highest BCUT2D eigenvalue weighted by Gasteiger charge is 2.29. The third-order valence-corrected chi connectivity index (χ3v) is 6.03. The smallest absolute Gasteiger partial charge is 1.00 e. The predicted octanol–water partition coefficient (Wildman–Crippen LogP) is 2.44. The molecule has 1 fully saturated rings. The second-order valence-corrected chi connectivity index (χ2v) is 8.91. The van der Waals surface area contributed by atoms with Crippen LogP contribution in [-0.2, 0) is 4.79 Å². The van der Waals surface area contributed by atoms with Crippen LogP contribution < -0.4 is 23.5 Å². The number of benzene rings is 2. The van der Waals surface area contributed by atoms with Crippen LogP contribution in [0.5, 0.6) is 0 Å². The number of nitrogen functional groups attached to an aromatic ring is 1. The SMILES string of the molecule is CC(C)CC(C(=O)NC1CCCCC1)n1c(-c2ccc(N)cc2)nc2ccccc21.[Cl-].[H+]. The number of aromatic nitrogens is 2. The largest absolute Gasteiger partial charge is 1.00 e. The van der Waals surface area contributed by atoms with Crippen LogP contribution >= 0.6 is 0 Å². The number of carbonyl (C=O) groups is 1. The summed E-state index contributed by atoms with van der Waals surface area (Å²) in [7, 11) is 0. The first-order chi connectivity index (χ1) is 14.5. The molecule has 1 amide bonds. The van der Waals surface area contributed by atoms with Crippen LogP contribution in [0.15, 0.2) is 48.5 Å². The number of nitrogens with zero attached hydrogens (tertiary/aromatic N) is 2. The molecule has 1 saturated carbocycles. The fourth-order valence-corrected chi connectivity index (χ4v) is 4.52. The Bertz CT molecular complexity index is 1010. The van der Waals surface area contributed by atoms with E-state index in [1.807, 2.05) is 42.5 Å². The Morgan fingerprint density at radius 3 is 2.48 bits per heavy atom. The average molecular weight is 441 g/mol. The number of hydrogen-bond donors (Lipinski definition) is 2. The molecule has 2 aromatic carbocycles. The van der Waals surface area contributed by atoms with Crippen LogP contribution in [0.3, 0.4) is 0 Å². The standard InChI is InChI=1S/C25H32N4O.ClH/c1-17(2)16-23(25(30)27-20-8-4-3-5-9-20)29-22-11-7-6-10-21(22)28-24(29)18-12-14-19(26)15-13-18;/h6-7,10-15,17,20,23H,3-5,8-9,16,26H2,1-2H3,(H,27,30);1H. The maximum absolute atomic E-state index is 13.5. The van der Waals surface area contributed by atoms with Gasteiger partial charge in [-0.05, 0) is 61.6 Å². The molecular formula is C25H33ClN4O. The third-order valence-electron chi connectivity index (χ3n) is 6.03. The molecule has 0 aliphatic heterocycles. The third kappa shape index (κ3) is 5.21. The zero-order chi connectivity index (χ0) is 21.1. The highest BCUT2D eigenvalue weighted by molar-refractivity contribution is 5.87. The van der Waals surface area contributed by atoms with Gasteiger partial charge in [0.25, 0.3) is 0 Å². The highest BCUT2D eigenvalue weighted by atomic mass is 35.5. The highest BCUT2D eigenvalue weighted by Crippen LogP contribution is 2.32. The molecule has 166 valence electrons. The minimum absolute atomic E-state index is 0. The molecule has 1 heterocycles. The zero-order valence-corrected chi connectivity index (χ0v) is 19.1. The first kappa shape index (κ1) is 23.1. The monoisotopic (exact) mass is 440 g/mol. The summed E-state index contributed by atoms with van der Waals surface area (Å²) < 4.78 is 2.14. The summed E-state index contributed by atoms with van der Waals surface area (Å²) in [6.45, 7) is 4.34. The van der Waals surface area contributed by atoms with Gasteiger partial charge in [0.15, 0.2) is 0 Å². The van der Waals surface area contributed by atoms with Gasteiger partial charge in [0.05, 0.1) is 11.0 Å². The molecule has 1 aliphatic rings. The van der Waals surface area contributed by atoms with Crippen molar-refractivity contribution in [2.75, 3.05) is 5.73 Å². The molecule has 3 N–H and O–H groups in total. The average Bonchev–Trinajstić information content (AvgIpc) is 3.12. The number of rotatable bonds is 6. The molecule has 5 nitrogen and oxygen atoms in total. The van der Waals surface area contributed by atoms with Crippen LogP contribution in [0.1, 0.15) is 59.8 Å². The van der Waals surface area contributed by atoms with Crippen LogP contribution in [0.4, 0.5) is 5.69 Å². The van der Waals surface area contributed by atoms with Crippen LogP contribution in [0.25, 0.3) is 22.4 Å². The fraction of sp³-hybridized carbons (Fsp3) is 0.440. The molecule has 31 heavy (non-hydrogen) atoms. The molecule has 3 aromatic rings. The Morgan fingerprint density at radius 1 is 1.13 bits per heavy atom. The molecule has 6 heteroatoms. The Balaban J connectivity index is 0.00000181. The lowest BCUT2D eigenvalue weighted by Gasteiger charge is -2.28. The van der Waals surface area contributed by atoms with E-state index in [2.05, 4.69) is 29.8 Å². The molecule has 1 unspecified atom stereocenters. The Hall–Kier alpha value is -2.53. The minimum atomic E-state index is -0.299. The lowest BCUT2D eigenvalue weighted by molar-refractivity contribution is -0.125. The predicted molar refractivity (Wildman–Crippen MR) is 124 cm³/mol. The summed E-state index contributed by atoms with van der Waals surface area (Å²) in [4.78, 5) is 18.5. The molecule has 1 aromatic heterocycles. The van der Waals surface area contributed by atoms with Gasteiger partial charge in [-0.15, -0.1) is 0 Å². The van der Waals surface area contributed by atoms with Gasteiger partial charge in [-0.1, -0.05) is 45.2 Å². The topological polar surface area (TPSA) is 72.9 Å². The lowest BCUT2D eigenvalue weighted by Crippen LogP contribution is -3.00. The second-order valence-electron chi connectivity index (χ2n) is 8.91. The van der Waals surface area contributed by atoms with E-state index in [1.165, 1.54) is 19.3 Å². The van der Waals surface area contributed by atoms with Crippen molar-refractivity contribution >= 4 is 22.6 Å². The first-order valence-electron chi connectivity index (χ1n) is 11.2. The summed E-state index contributed by atoms with van der Waals surface area (Å²) in [5.74, 6) is 1.31. The van der Waals surface area contributed by atoms with Gasteiger partial charge in [-0.2, -0.15) is 0 Å². The number of imidazole rings is 1. The summed E-state index contributed by atoms with van der Waals surface area (Å²) in [5.41, 5.74) is 9.49. The van der Waals surface area contributed by atoms with Crippen molar-refractivity contribution < 1.29 is 18.6 Å². The number of nitrogens with two attached hydrogens (primary N) is 1. The van der Waals surface area contributed by atoms with Gasteiger partial charge in [0.2, 0.25) is 5.91 Å². The van der Waals surface area contributed by atoms with Crippen LogP contribution in [0, 0.1) is 5.92 Å². The minimum Gasteiger partial charge on any atom is -1.00 e. The van der Waals surface area contributed by atoms with E-state index in [-0.39, 0.29) is 31.8 Å². The summed E-state index contributed by atoms with van der Waals surface area (Å²) in [5, 5.41) is 3.36. The van der Waals surface area contributed by atoms with Crippen molar-refractivity contribution in [3.63, 3.8) is 0 Å².